The Morgan fingerprint density at radius 3 is 2.41 bits per heavy atom. The van der Waals surface area contributed by atoms with Gasteiger partial charge in [0.15, 0.2) is 5.52 Å². The number of aryl methyl sites for hydroxylation is 2. The Kier molecular flexibility index (Phi) is 3.05. The Morgan fingerprint density at radius 1 is 1.18 bits per heavy atom. The molecule has 3 rings (SSSR count). The summed E-state index contributed by atoms with van der Waals surface area (Å²) in [6, 6.07) is 4.46. The first-order valence-electron chi connectivity index (χ1n) is 6.38. The van der Waals surface area contributed by atoms with Gasteiger partial charge >= 0.3 is 6.18 Å². The number of benzene rings is 1. The molecule has 8 heteroatoms. The van der Waals surface area contributed by atoms with Crippen molar-refractivity contribution in [3.63, 3.8) is 0 Å². The van der Waals surface area contributed by atoms with Crippen molar-refractivity contribution in [3.8, 4) is 11.4 Å². The number of halogens is 3. The fourth-order valence-corrected chi connectivity index (χ4v) is 2.30. The molecule has 0 bridgehead atoms. The van der Waals surface area contributed by atoms with Crippen LogP contribution in [0.1, 0.15) is 11.3 Å². The molecule has 3 aromatic rings. The SMILES string of the molecule is Cc1nn(C)c2c(=O)[nH]c(-c3ccc(C(F)(F)F)cc3)nc12. The van der Waals surface area contributed by atoms with Gasteiger partial charge in [0.2, 0.25) is 0 Å². The number of hydrogen-bond donors (Lipinski definition) is 1. The zero-order chi connectivity index (χ0) is 16.1. The van der Waals surface area contributed by atoms with E-state index in [1.165, 1.54) is 16.8 Å². The lowest BCUT2D eigenvalue weighted by Crippen LogP contribution is -2.12. The fourth-order valence-electron chi connectivity index (χ4n) is 2.30. The van der Waals surface area contributed by atoms with Crippen LogP contribution >= 0.6 is 0 Å². The number of aromatic nitrogens is 4. The summed E-state index contributed by atoms with van der Waals surface area (Å²) < 4.78 is 39.1. The molecule has 22 heavy (non-hydrogen) atoms. The molecule has 2 heterocycles. The van der Waals surface area contributed by atoms with E-state index in [0.29, 0.717) is 22.3 Å². The highest BCUT2D eigenvalue weighted by molar-refractivity contribution is 5.78. The van der Waals surface area contributed by atoms with Gasteiger partial charge in [-0.2, -0.15) is 18.3 Å². The van der Waals surface area contributed by atoms with Gasteiger partial charge in [-0.3, -0.25) is 9.48 Å². The minimum Gasteiger partial charge on any atom is -0.305 e. The third kappa shape index (κ3) is 2.26. The number of nitrogens with zero attached hydrogens (tertiary/aromatic N) is 3. The van der Waals surface area contributed by atoms with Crippen molar-refractivity contribution in [1.29, 1.82) is 0 Å². The van der Waals surface area contributed by atoms with Crippen LogP contribution in [0.3, 0.4) is 0 Å². The quantitative estimate of drug-likeness (QED) is 0.751. The van der Waals surface area contributed by atoms with Crippen molar-refractivity contribution >= 4 is 11.0 Å². The molecule has 0 saturated heterocycles. The highest BCUT2D eigenvalue weighted by Gasteiger charge is 2.30. The van der Waals surface area contributed by atoms with Gasteiger partial charge < -0.3 is 4.98 Å². The van der Waals surface area contributed by atoms with Crippen LogP contribution in [0.2, 0.25) is 0 Å². The van der Waals surface area contributed by atoms with Gasteiger partial charge in [-0.05, 0) is 19.1 Å². The Morgan fingerprint density at radius 2 is 1.82 bits per heavy atom. The third-order valence-corrected chi connectivity index (χ3v) is 3.35. The Balaban J connectivity index is 2.15. The molecular weight excluding hydrogens is 297 g/mol. The van der Waals surface area contributed by atoms with Crippen molar-refractivity contribution in [2.45, 2.75) is 13.1 Å². The highest BCUT2D eigenvalue weighted by atomic mass is 19.4. The summed E-state index contributed by atoms with van der Waals surface area (Å²) in [6.45, 7) is 1.71. The van der Waals surface area contributed by atoms with Crippen LogP contribution in [0.25, 0.3) is 22.4 Å². The Hall–Kier alpha value is -2.64. The number of rotatable bonds is 1. The third-order valence-electron chi connectivity index (χ3n) is 3.35. The lowest BCUT2D eigenvalue weighted by molar-refractivity contribution is -0.137. The Bertz CT molecular complexity index is 907. The highest BCUT2D eigenvalue weighted by Crippen LogP contribution is 2.30. The van der Waals surface area contributed by atoms with Crippen LogP contribution in [-0.4, -0.2) is 19.7 Å². The van der Waals surface area contributed by atoms with E-state index >= 15 is 0 Å². The van der Waals surface area contributed by atoms with Crippen LogP contribution in [0.4, 0.5) is 13.2 Å². The molecule has 0 atom stereocenters. The molecule has 0 fully saturated rings. The topological polar surface area (TPSA) is 63.6 Å². The predicted molar refractivity (Wildman–Crippen MR) is 74.3 cm³/mol. The van der Waals surface area contributed by atoms with Gasteiger partial charge in [-0.1, -0.05) is 12.1 Å². The standard InChI is InChI=1S/C14H11F3N4O/c1-7-10-11(21(2)20-7)13(22)19-12(18-10)8-3-5-9(6-4-8)14(15,16)17/h3-6H,1-2H3,(H,18,19,22). The van der Waals surface area contributed by atoms with Gasteiger partial charge in [0.05, 0.1) is 11.3 Å². The summed E-state index contributed by atoms with van der Waals surface area (Å²) in [6.07, 6.45) is -4.40. The Labute approximate surface area is 122 Å². The van der Waals surface area contributed by atoms with Crippen molar-refractivity contribution in [3.05, 3.63) is 45.9 Å². The van der Waals surface area contributed by atoms with E-state index < -0.39 is 11.7 Å². The summed E-state index contributed by atoms with van der Waals surface area (Å²) in [5.41, 5.74) is 0.599. The van der Waals surface area contributed by atoms with Crippen molar-refractivity contribution in [1.82, 2.24) is 19.7 Å². The molecular formula is C14H11F3N4O. The maximum atomic E-state index is 12.6. The van der Waals surface area contributed by atoms with Crippen LogP contribution in [-0.2, 0) is 13.2 Å². The summed E-state index contributed by atoms with van der Waals surface area (Å²) >= 11 is 0. The molecule has 5 nitrogen and oxygen atoms in total. The second-order valence-corrected chi connectivity index (χ2v) is 4.90. The zero-order valence-electron chi connectivity index (χ0n) is 11.7. The first-order chi connectivity index (χ1) is 10.3. The van der Waals surface area contributed by atoms with E-state index in [2.05, 4.69) is 15.1 Å². The lowest BCUT2D eigenvalue weighted by Gasteiger charge is -2.07. The smallest absolute Gasteiger partial charge is 0.305 e. The maximum absolute atomic E-state index is 12.6. The number of nitrogens with one attached hydrogen (secondary N) is 1. The largest absolute Gasteiger partial charge is 0.416 e. The van der Waals surface area contributed by atoms with Gasteiger partial charge in [-0.25, -0.2) is 4.98 Å². The molecule has 0 aliphatic carbocycles. The molecule has 1 N–H and O–H groups in total. The van der Waals surface area contributed by atoms with E-state index in [4.69, 9.17) is 0 Å². The zero-order valence-corrected chi connectivity index (χ0v) is 11.7. The number of alkyl halides is 3. The van der Waals surface area contributed by atoms with Crippen LogP contribution in [0.15, 0.2) is 29.1 Å². The molecule has 1 aromatic carbocycles. The van der Waals surface area contributed by atoms with Crippen molar-refractivity contribution < 1.29 is 13.2 Å². The second-order valence-electron chi connectivity index (χ2n) is 4.90. The van der Waals surface area contributed by atoms with Gasteiger partial charge in [0, 0.05) is 12.6 Å². The molecule has 0 spiro atoms. The molecule has 0 radical (unpaired) electrons. The number of fused-ring (bicyclic) bond motifs is 1. The van der Waals surface area contributed by atoms with Crippen molar-refractivity contribution in [2.75, 3.05) is 0 Å². The van der Waals surface area contributed by atoms with Gasteiger partial charge in [-0.15, -0.1) is 0 Å². The van der Waals surface area contributed by atoms with Crippen molar-refractivity contribution in [2.24, 2.45) is 7.05 Å². The number of H-pyrrole nitrogens is 1. The summed E-state index contributed by atoms with van der Waals surface area (Å²) in [4.78, 5) is 19.0. The molecule has 0 amide bonds. The molecule has 0 aliphatic heterocycles. The van der Waals surface area contributed by atoms with Gasteiger partial charge in [0.1, 0.15) is 11.3 Å². The minimum atomic E-state index is -4.40. The second kappa shape index (κ2) is 4.69. The monoisotopic (exact) mass is 308 g/mol. The van der Waals surface area contributed by atoms with E-state index in [0.717, 1.165) is 12.1 Å². The van der Waals surface area contributed by atoms with Gasteiger partial charge in [0.25, 0.3) is 5.56 Å². The summed E-state index contributed by atoms with van der Waals surface area (Å²) in [5, 5.41) is 4.12. The average Bonchev–Trinajstić information content (AvgIpc) is 2.73. The number of hydrogen-bond acceptors (Lipinski definition) is 3. The van der Waals surface area contributed by atoms with Crippen LogP contribution in [0.5, 0.6) is 0 Å². The van der Waals surface area contributed by atoms with E-state index in [9.17, 15) is 18.0 Å². The molecule has 0 unspecified atom stereocenters. The van der Waals surface area contributed by atoms with E-state index in [1.807, 2.05) is 0 Å². The first kappa shape index (κ1) is 14.3. The molecule has 2 aromatic heterocycles. The van der Waals surface area contributed by atoms with Crippen LogP contribution < -0.4 is 5.56 Å². The first-order valence-corrected chi connectivity index (χ1v) is 6.38. The lowest BCUT2D eigenvalue weighted by atomic mass is 10.1. The normalized spacial score (nSPS) is 12.0. The maximum Gasteiger partial charge on any atom is 0.416 e. The van der Waals surface area contributed by atoms with Crippen LogP contribution in [0, 0.1) is 6.92 Å². The molecule has 0 saturated carbocycles. The molecule has 0 aliphatic rings. The number of aromatic amines is 1. The summed E-state index contributed by atoms with van der Waals surface area (Å²) in [5.74, 6) is 0.210. The summed E-state index contributed by atoms with van der Waals surface area (Å²) in [7, 11) is 1.63. The average molecular weight is 308 g/mol. The van der Waals surface area contributed by atoms with E-state index in [1.54, 1.807) is 14.0 Å². The minimum absolute atomic E-state index is 0.210. The fraction of sp³-hybridized carbons (Fsp3) is 0.214. The molecule has 114 valence electrons. The predicted octanol–water partition coefficient (Wildman–Crippen LogP) is 2.65. The van der Waals surface area contributed by atoms with E-state index in [-0.39, 0.29) is 11.4 Å².